The molecule has 1 aromatic rings. The Hall–Kier alpha value is -1.60. The quantitative estimate of drug-likeness (QED) is 0.705. The molecular formula is C20H30ClN3O3S. The molecule has 0 N–H and O–H groups in total. The van der Waals surface area contributed by atoms with Crippen molar-refractivity contribution in [3.63, 3.8) is 0 Å². The van der Waals surface area contributed by atoms with Gasteiger partial charge in [0.15, 0.2) is 16.7 Å². The van der Waals surface area contributed by atoms with Crippen molar-refractivity contribution in [3.8, 4) is 11.5 Å². The second-order valence-electron chi connectivity index (χ2n) is 7.03. The lowest BCUT2D eigenvalue weighted by Gasteiger charge is -2.33. The highest BCUT2D eigenvalue weighted by Gasteiger charge is 2.35. The van der Waals surface area contributed by atoms with Crippen LogP contribution in [0.2, 0.25) is 0 Å². The Kier molecular flexibility index (Phi) is 8.31. The number of anilines is 1. The maximum absolute atomic E-state index is 12.5. The first kappa shape index (κ1) is 22.7. The summed E-state index contributed by atoms with van der Waals surface area (Å²) in [5, 5.41) is 1.04. The number of hydrogen-bond acceptors (Lipinski definition) is 5. The molecule has 1 aromatic carbocycles. The van der Waals surface area contributed by atoms with E-state index in [0.29, 0.717) is 17.5 Å². The van der Waals surface area contributed by atoms with Gasteiger partial charge in [-0.15, -0.1) is 12.4 Å². The molecule has 0 aromatic heterocycles. The number of amides is 1. The number of amidine groups is 1. The summed E-state index contributed by atoms with van der Waals surface area (Å²) in [5.41, 5.74) is 0.802. The smallest absolute Gasteiger partial charge is 0.225 e. The van der Waals surface area contributed by atoms with E-state index in [1.165, 1.54) is 32.1 Å². The number of thioether (sulfide) groups is 1. The zero-order valence-electron chi connectivity index (χ0n) is 17.0. The summed E-state index contributed by atoms with van der Waals surface area (Å²) in [5.74, 6) is 2.07. The van der Waals surface area contributed by atoms with Gasteiger partial charge in [0, 0.05) is 31.5 Å². The number of nitrogens with zero attached hydrogens (tertiary/aromatic N) is 3. The van der Waals surface area contributed by atoms with Crippen LogP contribution in [0.1, 0.15) is 39.0 Å². The second kappa shape index (κ2) is 10.3. The number of methoxy groups -OCH3 is 2. The van der Waals surface area contributed by atoms with Crippen molar-refractivity contribution in [2.45, 2.75) is 51.2 Å². The number of carbonyl (C=O) groups excluding carboxylic acids is 1. The van der Waals surface area contributed by atoms with E-state index < -0.39 is 0 Å². The van der Waals surface area contributed by atoms with Crippen molar-refractivity contribution in [2.24, 2.45) is 4.99 Å². The Morgan fingerprint density at radius 3 is 2.46 bits per heavy atom. The Balaban J connectivity index is 0.00000280. The highest BCUT2D eigenvalue weighted by molar-refractivity contribution is 8.14. The predicted octanol–water partition coefficient (Wildman–Crippen LogP) is 4.17. The van der Waals surface area contributed by atoms with Gasteiger partial charge < -0.3 is 14.4 Å². The lowest BCUT2D eigenvalue weighted by atomic mass is 9.96. The Bertz CT molecular complexity index is 710. The average Bonchev–Trinajstić information content (AvgIpc) is 3.02. The molecule has 1 aliphatic heterocycles. The van der Waals surface area contributed by atoms with Crippen LogP contribution in [-0.2, 0) is 4.79 Å². The SMILES string of the molecule is COc1ccc(N(C(C)=O)C2CSC(=NC3CCCCC3)N2C)cc1OC.Cl. The number of rotatable bonds is 5. The van der Waals surface area contributed by atoms with E-state index >= 15 is 0 Å². The standard InChI is InChI=1S/C20H29N3O3S.ClH/c1-14(24)23(16-10-11-17(25-3)18(12-16)26-4)19-13-27-20(22(19)2)21-15-8-6-5-7-9-15;/h10-12,15,19H,5-9,13H2,1-4H3;1H. The summed E-state index contributed by atoms with van der Waals surface area (Å²) in [4.78, 5) is 21.4. The first-order valence-electron chi connectivity index (χ1n) is 9.50. The van der Waals surface area contributed by atoms with Crippen LogP contribution in [0.25, 0.3) is 0 Å². The third-order valence-electron chi connectivity index (χ3n) is 5.26. The zero-order chi connectivity index (χ0) is 19.4. The molecule has 0 spiro atoms. The number of halogens is 1. The molecule has 6 nitrogen and oxygen atoms in total. The highest BCUT2D eigenvalue weighted by atomic mass is 35.5. The van der Waals surface area contributed by atoms with E-state index in [1.807, 2.05) is 30.1 Å². The molecule has 0 bridgehead atoms. The Morgan fingerprint density at radius 1 is 1.18 bits per heavy atom. The van der Waals surface area contributed by atoms with E-state index in [0.717, 1.165) is 16.6 Å². The minimum absolute atomic E-state index is 0. The van der Waals surface area contributed by atoms with Crippen LogP contribution in [0.3, 0.4) is 0 Å². The minimum Gasteiger partial charge on any atom is -0.493 e. The largest absolute Gasteiger partial charge is 0.493 e. The highest BCUT2D eigenvalue weighted by Crippen LogP contribution is 2.35. The molecule has 2 fully saturated rings. The minimum atomic E-state index is -0.0621. The summed E-state index contributed by atoms with van der Waals surface area (Å²) in [6.07, 6.45) is 6.15. The molecule has 8 heteroatoms. The lowest BCUT2D eigenvalue weighted by molar-refractivity contribution is -0.117. The molecule has 2 aliphatic rings. The van der Waals surface area contributed by atoms with E-state index in [2.05, 4.69) is 4.90 Å². The van der Waals surface area contributed by atoms with Gasteiger partial charge in [-0.2, -0.15) is 0 Å². The van der Waals surface area contributed by atoms with Crippen LogP contribution >= 0.6 is 24.2 Å². The average molecular weight is 428 g/mol. The normalized spacial score (nSPS) is 21.4. The van der Waals surface area contributed by atoms with Crippen molar-refractivity contribution < 1.29 is 14.3 Å². The Morgan fingerprint density at radius 2 is 1.86 bits per heavy atom. The maximum atomic E-state index is 12.5. The van der Waals surface area contributed by atoms with Gasteiger partial charge in [0.25, 0.3) is 0 Å². The first-order chi connectivity index (χ1) is 13.0. The molecule has 1 atom stereocenters. The number of benzene rings is 1. The van der Waals surface area contributed by atoms with Crippen LogP contribution in [0.5, 0.6) is 11.5 Å². The summed E-state index contributed by atoms with van der Waals surface area (Å²) in [6, 6.07) is 6.02. The first-order valence-corrected chi connectivity index (χ1v) is 10.5. The van der Waals surface area contributed by atoms with Gasteiger partial charge in [-0.1, -0.05) is 31.0 Å². The molecule has 1 unspecified atom stereocenters. The number of aliphatic imine (C=N–C) groups is 1. The fraction of sp³-hybridized carbons (Fsp3) is 0.600. The van der Waals surface area contributed by atoms with E-state index in [1.54, 1.807) is 32.9 Å². The van der Waals surface area contributed by atoms with Crippen molar-refractivity contribution in [1.29, 1.82) is 0 Å². The van der Waals surface area contributed by atoms with Gasteiger partial charge in [0.05, 0.1) is 20.3 Å². The third kappa shape index (κ3) is 4.87. The number of ether oxygens (including phenoxy) is 2. The van der Waals surface area contributed by atoms with E-state index in [9.17, 15) is 4.79 Å². The molecule has 0 radical (unpaired) electrons. The van der Waals surface area contributed by atoms with Gasteiger partial charge in [0.1, 0.15) is 6.17 Å². The molecule has 1 heterocycles. The summed E-state index contributed by atoms with van der Waals surface area (Å²) in [7, 11) is 5.24. The fourth-order valence-electron chi connectivity index (χ4n) is 3.77. The van der Waals surface area contributed by atoms with Crippen molar-refractivity contribution in [2.75, 3.05) is 31.9 Å². The molecule has 28 heavy (non-hydrogen) atoms. The zero-order valence-corrected chi connectivity index (χ0v) is 18.6. The lowest BCUT2D eigenvalue weighted by Crippen LogP contribution is -2.48. The second-order valence-corrected chi connectivity index (χ2v) is 8.02. The van der Waals surface area contributed by atoms with Crippen molar-refractivity contribution in [3.05, 3.63) is 18.2 Å². The monoisotopic (exact) mass is 427 g/mol. The van der Waals surface area contributed by atoms with Gasteiger partial charge in [-0.25, -0.2) is 0 Å². The fourth-order valence-corrected chi connectivity index (χ4v) is 4.99. The molecule has 3 rings (SSSR count). The summed E-state index contributed by atoms with van der Waals surface area (Å²) in [6.45, 7) is 1.60. The van der Waals surface area contributed by atoms with Gasteiger partial charge in [0.2, 0.25) is 5.91 Å². The van der Waals surface area contributed by atoms with E-state index in [4.69, 9.17) is 14.5 Å². The van der Waals surface area contributed by atoms with Crippen LogP contribution < -0.4 is 14.4 Å². The Labute approximate surface area is 178 Å². The molecule has 1 amide bonds. The van der Waals surface area contributed by atoms with Crippen LogP contribution in [0.15, 0.2) is 23.2 Å². The van der Waals surface area contributed by atoms with Gasteiger partial charge in [-0.3, -0.25) is 14.7 Å². The van der Waals surface area contributed by atoms with Gasteiger partial charge in [-0.05, 0) is 25.0 Å². The molecule has 1 saturated carbocycles. The topological polar surface area (TPSA) is 54.4 Å². The molecule has 1 saturated heterocycles. The summed E-state index contributed by atoms with van der Waals surface area (Å²) < 4.78 is 10.7. The predicted molar refractivity (Wildman–Crippen MR) is 118 cm³/mol. The number of hydrogen-bond donors (Lipinski definition) is 0. The summed E-state index contributed by atoms with van der Waals surface area (Å²) >= 11 is 1.74. The molecular weight excluding hydrogens is 398 g/mol. The molecule has 156 valence electrons. The van der Waals surface area contributed by atoms with E-state index in [-0.39, 0.29) is 24.5 Å². The maximum Gasteiger partial charge on any atom is 0.225 e. The third-order valence-corrected chi connectivity index (χ3v) is 6.38. The van der Waals surface area contributed by atoms with Gasteiger partial charge >= 0.3 is 0 Å². The number of carbonyl (C=O) groups is 1. The van der Waals surface area contributed by atoms with Crippen LogP contribution in [-0.4, -0.2) is 55.2 Å². The molecule has 1 aliphatic carbocycles. The van der Waals surface area contributed by atoms with Crippen LogP contribution in [0.4, 0.5) is 5.69 Å². The van der Waals surface area contributed by atoms with Crippen LogP contribution in [0, 0.1) is 0 Å². The van der Waals surface area contributed by atoms with Crippen molar-refractivity contribution >= 4 is 40.9 Å². The van der Waals surface area contributed by atoms with Crippen molar-refractivity contribution in [1.82, 2.24) is 4.90 Å².